The summed E-state index contributed by atoms with van der Waals surface area (Å²) in [7, 11) is 0. The highest BCUT2D eigenvalue weighted by Crippen LogP contribution is 2.29. The van der Waals surface area contributed by atoms with Crippen molar-refractivity contribution in [3.05, 3.63) is 59.4 Å². The Morgan fingerprint density at radius 3 is 2.18 bits per heavy atom. The molecule has 0 saturated carbocycles. The number of pyridine rings is 1. The number of amides is 1. The van der Waals surface area contributed by atoms with Crippen molar-refractivity contribution in [2.75, 3.05) is 11.4 Å². The van der Waals surface area contributed by atoms with Crippen LogP contribution in [0.25, 0.3) is 0 Å². The summed E-state index contributed by atoms with van der Waals surface area (Å²) in [6.07, 6.45) is 5.69. The molecule has 0 spiro atoms. The first-order valence-electron chi connectivity index (χ1n) is 9.59. The molecular weight excluding hydrogens is 352 g/mol. The molecule has 1 fully saturated rings. The van der Waals surface area contributed by atoms with Gasteiger partial charge in [0.25, 0.3) is 5.91 Å². The molecule has 0 radical (unpaired) electrons. The van der Waals surface area contributed by atoms with Crippen LogP contribution >= 0.6 is 0 Å². The number of carbonyl (C=O) groups is 1. The van der Waals surface area contributed by atoms with Crippen molar-refractivity contribution < 1.29 is 10.3 Å². The Morgan fingerprint density at radius 2 is 1.64 bits per heavy atom. The van der Waals surface area contributed by atoms with Gasteiger partial charge in [-0.15, -0.1) is 0 Å². The Bertz CT molecular complexity index is 736. The monoisotopic (exact) mass is 386 g/mol. The van der Waals surface area contributed by atoms with Gasteiger partial charge in [-0.25, -0.2) is 0 Å². The summed E-state index contributed by atoms with van der Waals surface area (Å²) in [4.78, 5) is 19.6. The van der Waals surface area contributed by atoms with Gasteiger partial charge in [0.1, 0.15) is 6.17 Å². The van der Waals surface area contributed by atoms with Gasteiger partial charge < -0.3 is 21.8 Å². The van der Waals surface area contributed by atoms with E-state index in [4.69, 9.17) is 0 Å². The fourth-order valence-electron chi connectivity index (χ4n) is 3.80. The van der Waals surface area contributed by atoms with E-state index in [1.165, 1.54) is 0 Å². The van der Waals surface area contributed by atoms with E-state index in [1.54, 1.807) is 12.4 Å². The molecule has 2 heterocycles. The van der Waals surface area contributed by atoms with Crippen molar-refractivity contribution in [1.82, 2.24) is 16.5 Å². The molecule has 0 bridgehead atoms. The Hall–Kier alpha value is -2.44. The van der Waals surface area contributed by atoms with Crippen LogP contribution in [0.1, 0.15) is 73.9 Å². The Morgan fingerprint density at radius 1 is 1.07 bits per heavy atom. The minimum Gasteiger partial charge on any atom is -0.412 e. The van der Waals surface area contributed by atoms with Gasteiger partial charge in [0.05, 0.1) is 0 Å². The van der Waals surface area contributed by atoms with Crippen LogP contribution in [0.15, 0.2) is 42.7 Å². The van der Waals surface area contributed by atoms with E-state index in [1.807, 2.05) is 12.1 Å². The van der Waals surface area contributed by atoms with Crippen molar-refractivity contribution in [3.8, 4) is 0 Å². The number of hydrogen-bond donors (Lipinski definition) is 2. The lowest BCUT2D eigenvalue weighted by molar-refractivity contribution is 0.0935. The quantitative estimate of drug-likeness (QED) is 0.808. The topological polar surface area (TPSA) is 112 Å². The summed E-state index contributed by atoms with van der Waals surface area (Å²) >= 11 is 0. The van der Waals surface area contributed by atoms with Crippen molar-refractivity contribution in [1.29, 1.82) is 0 Å². The lowest BCUT2D eigenvalue weighted by atomic mass is 9.88. The average Bonchev–Trinajstić information content (AvgIpc) is 3.09. The summed E-state index contributed by atoms with van der Waals surface area (Å²) in [5.41, 5.74) is 4.23. The van der Waals surface area contributed by atoms with Gasteiger partial charge in [-0.1, -0.05) is 45.9 Å². The highest BCUT2D eigenvalue weighted by Gasteiger charge is 2.28. The highest BCUT2D eigenvalue weighted by atomic mass is 16.1. The summed E-state index contributed by atoms with van der Waals surface area (Å²) in [6, 6.07) is 10.2. The van der Waals surface area contributed by atoms with Crippen molar-refractivity contribution >= 4 is 11.6 Å². The molecule has 1 aromatic carbocycles. The Kier molecular flexibility index (Phi) is 8.60. The zero-order valence-electron chi connectivity index (χ0n) is 17.4. The van der Waals surface area contributed by atoms with Crippen molar-refractivity contribution in [2.45, 2.75) is 58.5 Å². The van der Waals surface area contributed by atoms with E-state index in [-0.39, 0.29) is 23.7 Å². The second-order valence-corrected chi connectivity index (χ2v) is 7.65. The largest absolute Gasteiger partial charge is 0.412 e. The Balaban J connectivity index is 0.00000196. The number of rotatable bonds is 5. The standard InChI is InChI=1S/C22H29N3O.H3N.H2O/c1-15(2)18-7-5-8-19(16(3)4)21(18)22(26)24-20-9-6-14-25(20)17-10-12-23-13-11-17;;/h5,7-8,10-13,15-16,20H,6,9,14H2,1-4H3,(H,24,26);1H3;1H2. The lowest BCUT2D eigenvalue weighted by Crippen LogP contribution is -2.45. The number of nitrogens with one attached hydrogen (secondary N) is 1. The van der Waals surface area contributed by atoms with Gasteiger partial charge in [0, 0.05) is 30.2 Å². The summed E-state index contributed by atoms with van der Waals surface area (Å²) in [6.45, 7) is 9.55. The molecule has 1 aliphatic heterocycles. The maximum atomic E-state index is 13.3. The molecule has 6 heteroatoms. The van der Waals surface area contributed by atoms with Crippen LogP contribution < -0.4 is 16.4 Å². The molecule has 1 amide bonds. The molecule has 1 atom stereocenters. The van der Waals surface area contributed by atoms with Crippen LogP contribution in [0, 0.1) is 0 Å². The zero-order chi connectivity index (χ0) is 18.7. The minimum atomic E-state index is 0. The van der Waals surface area contributed by atoms with E-state index in [9.17, 15) is 4.79 Å². The number of carbonyl (C=O) groups excluding carboxylic acids is 1. The average molecular weight is 387 g/mol. The van der Waals surface area contributed by atoms with Crippen LogP contribution in [0.2, 0.25) is 0 Å². The van der Waals surface area contributed by atoms with Crippen LogP contribution in [-0.4, -0.2) is 29.1 Å². The fourth-order valence-corrected chi connectivity index (χ4v) is 3.80. The molecule has 6 N–H and O–H groups in total. The fraction of sp³-hybridized carbons (Fsp3) is 0.455. The minimum absolute atomic E-state index is 0. The number of nitrogens with zero attached hydrogens (tertiary/aromatic N) is 2. The van der Waals surface area contributed by atoms with Crippen molar-refractivity contribution in [3.63, 3.8) is 0 Å². The first-order chi connectivity index (χ1) is 12.5. The second-order valence-electron chi connectivity index (χ2n) is 7.65. The van der Waals surface area contributed by atoms with Crippen LogP contribution in [-0.2, 0) is 0 Å². The number of anilines is 1. The lowest BCUT2D eigenvalue weighted by Gasteiger charge is -2.28. The van der Waals surface area contributed by atoms with Gasteiger partial charge >= 0.3 is 0 Å². The van der Waals surface area contributed by atoms with Gasteiger partial charge in [0.15, 0.2) is 0 Å². The smallest absolute Gasteiger partial charge is 0.253 e. The third kappa shape index (κ3) is 4.88. The predicted octanol–water partition coefficient (Wildman–Crippen LogP) is 4.02. The first kappa shape index (κ1) is 23.6. The molecule has 154 valence electrons. The summed E-state index contributed by atoms with van der Waals surface area (Å²) in [5, 5.41) is 3.30. The van der Waals surface area contributed by atoms with E-state index in [0.717, 1.165) is 41.8 Å². The molecule has 1 saturated heterocycles. The van der Waals surface area contributed by atoms with E-state index >= 15 is 0 Å². The first-order valence-corrected chi connectivity index (χ1v) is 9.59. The molecule has 1 aromatic heterocycles. The van der Waals surface area contributed by atoms with Crippen LogP contribution in [0.4, 0.5) is 5.69 Å². The third-order valence-corrected chi connectivity index (χ3v) is 5.14. The predicted molar refractivity (Wildman–Crippen MR) is 115 cm³/mol. The number of benzene rings is 1. The third-order valence-electron chi connectivity index (χ3n) is 5.14. The molecule has 0 aliphatic carbocycles. The van der Waals surface area contributed by atoms with E-state index in [2.05, 4.69) is 61.1 Å². The molecule has 1 aliphatic rings. The number of hydrogen-bond acceptors (Lipinski definition) is 4. The van der Waals surface area contributed by atoms with E-state index in [0.29, 0.717) is 11.8 Å². The van der Waals surface area contributed by atoms with Crippen molar-refractivity contribution in [2.24, 2.45) is 0 Å². The molecule has 3 rings (SSSR count). The van der Waals surface area contributed by atoms with E-state index < -0.39 is 0 Å². The van der Waals surface area contributed by atoms with Gasteiger partial charge in [-0.3, -0.25) is 9.78 Å². The molecule has 2 aromatic rings. The SMILES string of the molecule is CC(C)c1cccc(C(C)C)c1C(=O)NC1CCCN1c1ccncc1.N.O. The Labute approximate surface area is 168 Å². The molecular formula is C22H34N4O2. The van der Waals surface area contributed by atoms with Gasteiger partial charge in [0.2, 0.25) is 0 Å². The van der Waals surface area contributed by atoms with Crippen LogP contribution in [0.3, 0.4) is 0 Å². The normalized spacial score (nSPS) is 15.9. The highest BCUT2D eigenvalue weighted by molar-refractivity contribution is 5.98. The number of aromatic nitrogens is 1. The molecule has 6 nitrogen and oxygen atoms in total. The molecule has 28 heavy (non-hydrogen) atoms. The summed E-state index contributed by atoms with van der Waals surface area (Å²) < 4.78 is 0. The maximum absolute atomic E-state index is 13.3. The summed E-state index contributed by atoms with van der Waals surface area (Å²) in [5.74, 6) is 0.674. The second kappa shape index (κ2) is 10.2. The van der Waals surface area contributed by atoms with Gasteiger partial charge in [-0.05, 0) is 47.9 Å². The maximum Gasteiger partial charge on any atom is 0.253 e. The van der Waals surface area contributed by atoms with Crippen LogP contribution in [0.5, 0.6) is 0 Å². The molecule has 1 unspecified atom stereocenters. The zero-order valence-corrected chi connectivity index (χ0v) is 17.4. The van der Waals surface area contributed by atoms with Gasteiger partial charge in [-0.2, -0.15) is 0 Å².